The van der Waals surface area contributed by atoms with E-state index in [4.69, 9.17) is 16.3 Å². The van der Waals surface area contributed by atoms with E-state index in [-0.39, 0.29) is 0 Å². The Kier molecular flexibility index (Phi) is 3.49. The molecule has 1 aromatic heterocycles. The predicted molar refractivity (Wildman–Crippen MR) is 64.3 cm³/mol. The van der Waals surface area contributed by atoms with Crippen molar-refractivity contribution in [2.24, 2.45) is 0 Å². The molecule has 1 aliphatic rings. The lowest BCUT2D eigenvalue weighted by Gasteiger charge is -2.22. The van der Waals surface area contributed by atoms with Crippen LogP contribution in [0.4, 0.5) is 5.82 Å². The largest absolute Gasteiger partial charge is 0.464 e. The summed E-state index contributed by atoms with van der Waals surface area (Å²) in [6.45, 7) is 5.68. The molecule has 16 heavy (non-hydrogen) atoms. The summed E-state index contributed by atoms with van der Waals surface area (Å²) in [5.74, 6) is 0.869. The maximum atomic E-state index is 5.95. The van der Waals surface area contributed by atoms with Crippen molar-refractivity contribution in [3.63, 3.8) is 0 Å². The Bertz CT molecular complexity index is 372. The van der Waals surface area contributed by atoms with E-state index in [1.54, 1.807) is 6.07 Å². The average Bonchev–Trinajstić information content (AvgIpc) is 2.64. The molecule has 1 unspecified atom stereocenters. The molecule has 0 spiro atoms. The van der Waals surface area contributed by atoms with Gasteiger partial charge in [-0.1, -0.05) is 11.6 Å². The molecule has 4 nitrogen and oxygen atoms in total. The predicted octanol–water partition coefficient (Wildman–Crippen LogP) is 2.52. The molecule has 0 N–H and O–H groups in total. The van der Waals surface area contributed by atoms with Crippen molar-refractivity contribution in [2.45, 2.75) is 32.7 Å². The van der Waals surface area contributed by atoms with Crippen LogP contribution in [0, 0.1) is 0 Å². The van der Waals surface area contributed by atoms with Crippen LogP contribution in [-0.2, 0) is 0 Å². The zero-order valence-corrected chi connectivity index (χ0v) is 10.4. The normalized spacial score (nSPS) is 20.2. The van der Waals surface area contributed by atoms with E-state index in [9.17, 15) is 0 Å². The van der Waals surface area contributed by atoms with Crippen molar-refractivity contribution in [2.75, 3.05) is 18.1 Å². The topological polar surface area (TPSA) is 38.2 Å². The van der Waals surface area contributed by atoms with Gasteiger partial charge in [0.25, 0.3) is 0 Å². The SMILES string of the molecule is CCOc1nc(Cl)cc(N2CCCC2C)n1. The Balaban J connectivity index is 2.25. The summed E-state index contributed by atoms with van der Waals surface area (Å²) in [6.07, 6.45) is 2.40. The zero-order chi connectivity index (χ0) is 11.5. The van der Waals surface area contributed by atoms with Crippen molar-refractivity contribution in [1.82, 2.24) is 9.97 Å². The number of hydrogen-bond donors (Lipinski definition) is 0. The minimum absolute atomic E-state index is 0.365. The van der Waals surface area contributed by atoms with Gasteiger partial charge in [0, 0.05) is 18.7 Å². The summed E-state index contributed by atoms with van der Waals surface area (Å²) in [5.41, 5.74) is 0. The molecule has 0 amide bonds. The molecular formula is C11H16ClN3O. The van der Waals surface area contributed by atoms with E-state index < -0.39 is 0 Å². The molecule has 0 aromatic carbocycles. The highest BCUT2D eigenvalue weighted by Gasteiger charge is 2.22. The Morgan fingerprint density at radius 1 is 1.56 bits per heavy atom. The van der Waals surface area contributed by atoms with Crippen molar-refractivity contribution < 1.29 is 4.74 Å². The Morgan fingerprint density at radius 2 is 2.38 bits per heavy atom. The lowest BCUT2D eigenvalue weighted by molar-refractivity contribution is 0.312. The minimum Gasteiger partial charge on any atom is -0.464 e. The molecule has 1 fully saturated rings. The second kappa shape index (κ2) is 4.87. The standard InChI is InChI=1S/C11H16ClN3O/c1-3-16-11-13-9(12)7-10(14-11)15-6-4-5-8(15)2/h7-8H,3-6H2,1-2H3. The van der Waals surface area contributed by atoms with E-state index in [2.05, 4.69) is 21.8 Å². The van der Waals surface area contributed by atoms with Gasteiger partial charge in [0.1, 0.15) is 11.0 Å². The highest BCUT2D eigenvalue weighted by atomic mass is 35.5. The maximum absolute atomic E-state index is 5.95. The molecule has 1 aromatic rings. The number of nitrogens with zero attached hydrogens (tertiary/aromatic N) is 3. The first-order valence-electron chi connectivity index (χ1n) is 5.64. The first-order chi connectivity index (χ1) is 7.70. The maximum Gasteiger partial charge on any atom is 0.319 e. The number of halogens is 1. The number of aromatic nitrogens is 2. The van der Waals surface area contributed by atoms with Gasteiger partial charge >= 0.3 is 6.01 Å². The van der Waals surface area contributed by atoms with E-state index >= 15 is 0 Å². The van der Waals surface area contributed by atoms with Gasteiger partial charge in [-0.2, -0.15) is 9.97 Å². The van der Waals surface area contributed by atoms with Crippen molar-refractivity contribution >= 4 is 17.4 Å². The lowest BCUT2D eigenvalue weighted by atomic mass is 10.2. The van der Waals surface area contributed by atoms with Crippen molar-refractivity contribution in [3.05, 3.63) is 11.2 Å². The molecule has 2 heterocycles. The van der Waals surface area contributed by atoms with Crippen LogP contribution in [0.2, 0.25) is 5.15 Å². The van der Waals surface area contributed by atoms with Crippen LogP contribution in [0.15, 0.2) is 6.07 Å². The first-order valence-corrected chi connectivity index (χ1v) is 6.02. The second-order valence-electron chi connectivity index (χ2n) is 3.95. The smallest absolute Gasteiger partial charge is 0.319 e. The highest BCUT2D eigenvalue weighted by molar-refractivity contribution is 6.29. The first kappa shape index (κ1) is 11.5. The summed E-state index contributed by atoms with van der Waals surface area (Å²) in [7, 11) is 0. The second-order valence-corrected chi connectivity index (χ2v) is 4.34. The molecule has 1 aliphatic heterocycles. The molecule has 0 bridgehead atoms. The van der Waals surface area contributed by atoms with Crippen LogP contribution < -0.4 is 9.64 Å². The third-order valence-corrected chi connectivity index (χ3v) is 2.98. The van der Waals surface area contributed by atoms with Gasteiger partial charge in [0.05, 0.1) is 6.61 Å². The molecule has 5 heteroatoms. The fraction of sp³-hybridized carbons (Fsp3) is 0.636. The van der Waals surface area contributed by atoms with E-state index in [1.165, 1.54) is 12.8 Å². The van der Waals surface area contributed by atoms with Gasteiger partial charge in [0.15, 0.2) is 0 Å². The highest BCUT2D eigenvalue weighted by Crippen LogP contribution is 2.26. The zero-order valence-electron chi connectivity index (χ0n) is 9.61. The summed E-state index contributed by atoms with van der Waals surface area (Å²) in [5, 5.41) is 0.438. The molecule has 0 radical (unpaired) electrons. The summed E-state index contributed by atoms with van der Waals surface area (Å²) in [6, 6.07) is 2.68. The number of hydrogen-bond acceptors (Lipinski definition) is 4. The van der Waals surface area contributed by atoms with Gasteiger partial charge in [0.2, 0.25) is 0 Å². The van der Waals surface area contributed by atoms with Gasteiger partial charge in [-0.25, -0.2) is 0 Å². The van der Waals surface area contributed by atoms with Gasteiger partial charge in [-0.05, 0) is 26.7 Å². The fourth-order valence-corrected chi connectivity index (χ4v) is 2.17. The fourth-order valence-electron chi connectivity index (χ4n) is 2.00. The minimum atomic E-state index is 0.365. The van der Waals surface area contributed by atoms with Crippen LogP contribution in [0.5, 0.6) is 6.01 Å². The van der Waals surface area contributed by atoms with E-state index in [0.717, 1.165) is 12.4 Å². The number of anilines is 1. The summed E-state index contributed by atoms with van der Waals surface area (Å²) >= 11 is 5.95. The van der Waals surface area contributed by atoms with Gasteiger partial charge < -0.3 is 9.64 Å². The molecule has 0 aliphatic carbocycles. The molecular weight excluding hydrogens is 226 g/mol. The third-order valence-electron chi connectivity index (χ3n) is 2.78. The molecule has 0 saturated carbocycles. The van der Waals surface area contributed by atoms with Crippen LogP contribution in [0.3, 0.4) is 0 Å². The quantitative estimate of drug-likeness (QED) is 0.763. The number of ether oxygens (including phenoxy) is 1. The van der Waals surface area contributed by atoms with Crippen molar-refractivity contribution in [1.29, 1.82) is 0 Å². The Morgan fingerprint density at radius 3 is 3.00 bits per heavy atom. The number of rotatable bonds is 3. The average molecular weight is 242 g/mol. The lowest BCUT2D eigenvalue weighted by Crippen LogP contribution is -2.27. The molecule has 2 rings (SSSR count). The van der Waals surface area contributed by atoms with E-state index in [1.807, 2.05) is 6.92 Å². The van der Waals surface area contributed by atoms with Crippen LogP contribution in [0.25, 0.3) is 0 Å². The van der Waals surface area contributed by atoms with Crippen LogP contribution >= 0.6 is 11.6 Å². The van der Waals surface area contributed by atoms with E-state index in [0.29, 0.717) is 23.8 Å². The van der Waals surface area contributed by atoms with Gasteiger partial charge in [-0.15, -0.1) is 0 Å². The van der Waals surface area contributed by atoms with Crippen LogP contribution in [-0.4, -0.2) is 29.2 Å². The summed E-state index contributed by atoms with van der Waals surface area (Å²) < 4.78 is 5.29. The molecule has 1 saturated heterocycles. The Hall–Kier alpha value is -1.03. The Labute approximate surface area is 101 Å². The monoisotopic (exact) mass is 241 g/mol. The van der Waals surface area contributed by atoms with Crippen LogP contribution in [0.1, 0.15) is 26.7 Å². The molecule has 1 atom stereocenters. The molecule has 88 valence electrons. The summed E-state index contributed by atoms with van der Waals surface area (Å²) in [4.78, 5) is 10.6. The van der Waals surface area contributed by atoms with Crippen molar-refractivity contribution in [3.8, 4) is 6.01 Å². The van der Waals surface area contributed by atoms with Gasteiger partial charge in [-0.3, -0.25) is 0 Å². The third kappa shape index (κ3) is 2.38.